The van der Waals surface area contributed by atoms with Crippen LogP contribution in [0, 0.1) is 40.0 Å². The van der Waals surface area contributed by atoms with E-state index < -0.39 is 12.4 Å². The molecule has 1 fully saturated rings. The first kappa shape index (κ1) is 29.3. The first-order valence-corrected chi connectivity index (χ1v) is 13.7. The monoisotopic (exact) mass is 528 g/mol. The van der Waals surface area contributed by atoms with Crippen molar-refractivity contribution in [3.63, 3.8) is 0 Å². The SMILES string of the molecule is C#CCO[C@@H](O)CCOc1c(C)cc(C2(c3cc(C)c(OC[C@H](O)CCl)c(C)c3)CCCCC2)cc1C. The Morgan fingerprint density at radius 3 is 1.89 bits per heavy atom. The molecule has 1 saturated carbocycles. The van der Waals surface area contributed by atoms with Crippen molar-refractivity contribution < 1.29 is 24.4 Å². The Labute approximate surface area is 227 Å². The van der Waals surface area contributed by atoms with Gasteiger partial charge in [0.2, 0.25) is 0 Å². The van der Waals surface area contributed by atoms with Crippen LogP contribution < -0.4 is 9.47 Å². The lowest BCUT2D eigenvalue weighted by molar-refractivity contribution is -0.0958. The van der Waals surface area contributed by atoms with Gasteiger partial charge in [-0.25, -0.2) is 0 Å². The summed E-state index contributed by atoms with van der Waals surface area (Å²) in [5.74, 6) is 4.19. The molecule has 1 aliphatic carbocycles. The van der Waals surface area contributed by atoms with Crippen LogP contribution >= 0.6 is 11.6 Å². The summed E-state index contributed by atoms with van der Waals surface area (Å²) in [5.41, 5.74) is 6.87. The molecule has 5 nitrogen and oxygen atoms in total. The number of halogens is 1. The number of aryl methyl sites for hydroxylation is 4. The summed E-state index contributed by atoms with van der Waals surface area (Å²) >= 11 is 5.75. The molecule has 0 aliphatic heterocycles. The number of aliphatic hydroxyl groups excluding tert-OH is 2. The van der Waals surface area contributed by atoms with Crippen molar-refractivity contribution in [1.82, 2.24) is 0 Å². The number of benzene rings is 2. The van der Waals surface area contributed by atoms with E-state index in [1.807, 2.05) is 0 Å². The summed E-state index contributed by atoms with van der Waals surface area (Å²) in [4.78, 5) is 0. The smallest absolute Gasteiger partial charge is 0.159 e. The van der Waals surface area contributed by atoms with Gasteiger partial charge in [-0.3, -0.25) is 0 Å². The lowest BCUT2D eigenvalue weighted by Crippen LogP contribution is -2.31. The van der Waals surface area contributed by atoms with Gasteiger partial charge in [0.25, 0.3) is 0 Å². The normalized spacial score (nSPS) is 16.6. The molecule has 2 aromatic rings. The molecule has 2 N–H and O–H groups in total. The maximum atomic E-state index is 9.88. The Hall–Kier alpha value is -2.23. The van der Waals surface area contributed by atoms with Crippen molar-refractivity contribution in [1.29, 1.82) is 0 Å². The maximum Gasteiger partial charge on any atom is 0.159 e. The third-order valence-electron chi connectivity index (χ3n) is 7.30. The van der Waals surface area contributed by atoms with Crippen LogP contribution in [0.3, 0.4) is 0 Å². The van der Waals surface area contributed by atoms with E-state index in [1.54, 1.807) is 0 Å². The molecule has 0 bridgehead atoms. The Kier molecular flexibility index (Phi) is 10.7. The fourth-order valence-corrected chi connectivity index (χ4v) is 5.61. The molecule has 0 amide bonds. The van der Waals surface area contributed by atoms with Gasteiger partial charge in [0, 0.05) is 11.8 Å². The molecule has 0 heterocycles. The average Bonchev–Trinajstić information content (AvgIpc) is 2.88. The van der Waals surface area contributed by atoms with Crippen molar-refractivity contribution in [2.45, 2.75) is 84.0 Å². The zero-order valence-electron chi connectivity index (χ0n) is 22.6. The fraction of sp³-hybridized carbons (Fsp3) is 0.548. The number of alkyl halides is 1. The summed E-state index contributed by atoms with van der Waals surface area (Å²) < 4.78 is 17.1. The van der Waals surface area contributed by atoms with E-state index in [4.69, 9.17) is 32.2 Å². The standard InChI is InChI=1S/C31H41ClO5/c1-6-13-35-28(34)10-14-36-29-21(2)15-25(16-22(29)3)31(11-8-7-9-12-31)26-17-23(4)30(24(5)18-26)37-20-27(33)19-32/h1,15-18,27-28,33-34H,7-14,19-20H2,2-5H3/t27-,28-/m1/s1. The minimum atomic E-state index is -0.932. The highest BCUT2D eigenvalue weighted by Crippen LogP contribution is 2.47. The summed E-state index contributed by atoms with van der Waals surface area (Å²) in [7, 11) is 0. The highest BCUT2D eigenvalue weighted by atomic mass is 35.5. The van der Waals surface area contributed by atoms with Crippen molar-refractivity contribution in [3.8, 4) is 23.8 Å². The molecule has 0 saturated heterocycles. The van der Waals surface area contributed by atoms with Crippen LogP contribution in [0.15, 0.2) is 24.3 Å². The number of aliphatic hydroxyl groups is 2. The van der Waals surface area contributed by atoms with Crippen molar-refractivity contribution in [2.75, 3.05) is 25.7 Å². The van der Waals surface area contributed by atoms with E-state index in [-0.39, 0.29) is 24.5 Å². The minimum Gasteiger partial charge on any atom is -0.493 e. The van der Waals surface area contributed by atoms with E-state index >= 15 is 0 Å². The zero-order chi connectivity index (χ0) is 27.0. The fourth-order valence-electron chi connectivity index (χ4n) is 5.52. The number of hydrogen-bond donors (Lipinski definition) is 2. The van der Waals surface area contributed by atoms with E-state index in [1.165, 1.54) is 30.4 Å². The molecule has 37 heavy (non-hydrogen) atoms. The molecule has 202 valence electrons. The second-order valence-electron chi connectivity index (χ2n) is 10.2. The third kappa shape index (κ3) is 7.21. The molecule has 0 spiro atoms. The Balaban J connectivity index is 1.89. The van der Waals surface area contributed by atoms with Crippen LogP contribution in [0.5, 0.6) is 11.5 Å². The Morgan fingerprint density at radius 2 is 1.41 bits per heavy atom. The van der Waals surface area contributed by atoms with Gasteiger partial charge in [-0.1, -0.05) is 49.4 Å². The van der Waals surface area contributed by atoms with Gasteiger partial charge >= 0.3 is 0 Å². The van der Waals surface area contributed by atoms with Crippen LogP contribution in [-0.2, 0) is 10.2 Å². The average molecular weight is 529 g/mol. The highest BCUT2D eigenvalue weighted by Gasteiger charge is 2.37. The maximum absolute atomic E-state index is 9.88. The lowest BCUT2D eigenvalue weighted by atomic mass is 9.64. The van der Waals surface area contributed by atoms with Crippen LogP contribution in [0.4, 0.5) is 0 Å². The first-order chi connectivity index (χ1) is 17.7. The van der Waals surface area contributed by atoms with Crippen LogP contribution in [0.2, 0.25) is 0 Å². The minimum absolute atomic E-state index is 0.0741. The largest absolute Gasteiger partial charge is 0.493 e. The van der Waals surface area contributed by atoms with Crippen molar-refractivity contribution in [2.24, 2.45) is 0 Å². The highest BCUT2D eigenvalue weighted by molar-refractivity contribution is 6.18. The second kappa shape index (κ2) is 13.5. The number of hydrogen-bond acceptors (Lipinski definition) is 5. The molecule has 2 aromatic carbocycles. The van der Waals surface area contributed by atoms with E-state index in [2.05, 4.69) is 57.9 Å². The lowest BCUT2D eigenvalue weighted by Gasteiger charge is -2.40. The molecule has 3 rings (SSSR count). The van der Waals surface area contributed by atoms with Crippen LogP contribution in [0.1, 0.15) is 71.9 Å². The van der Waals surface area contributed by atoms with Gasteiger partial charge in [-0.15, -0.1) is 18.0 Å². The molecular weight excluding hydrogens is 488 g/mol. The summed E-state index contributed by atoms with van der Waals surface area (Å²) in [6.45, 7) is 8.93. The third-order valence-corrected chi connectivity index (χ3v) is 7.66. The summed E-state index contributed by atoms with van der Waals surface area (Å²) in [5, 5.41) is 19.7. The van der Waals surface area contributed by atoms with Gasteiger partial charge in [-0.2, -0.15) is 0 Å². The zero-order valence-corrected chi connectivity index (χ0v) is 23.4. The summed E-state index contributed by atoms with van der Waals surface area (Å²) in [6, 6.07) is 9.05. The van der Waals surface area contributed by atoms with E-state index in [0.717, 1.165) is 46.6 Å². The summed E-state index contributed by atoms with van der Waals surface area (Å²) in [6.07, 6.45) is 9.72. The topological polar surface area (TPSA) is 68.2 Å². The van der Waals surface area contributed by atoms with E-state index in [9.17, 15) is 10.2 Å². The van der Waals surface area contributed by atoms with Gasteiger partial charge in [0.1, 0.15) is 30.8 Å². The molecule has 2 atom stereocenters. The van der Waals surface area contributed by atoms with Gasteiger partial charge < -0.3 is 24.4 Å². The molecule has 0 aromatic heterocycles. The molecule has 0 radical (unpaired) electrons. The van der Waals surface area contributed by atoms with Crippen molar-refractivity contribution >= 4 is 11.6 Å². The molecular formula is C31H41ClO5. The predicted octanol–water partition coefficient (Wildman–Crippen LogP) is 5.89. The number of terminal acetylenes is 1. The predicted molar refractivity (Wildman–Crippen MR) is 149 cm³/mol. The number of ether oxygens (including phenoxy) is 3. The van der Waals surface area contributed by atoms with Crippen LogP contribution in [0.25, 0.3) is 0 Å². The molecule has 1 aliphatic rings. The van der Waals surface area contributed by atoms with Gasteiger partial charge in [0.15, 0.2) is 6.29 Å². The van der Waals surface area contributed by atoms with Crippen LogP contribution in [-0.4, -0.2) is 48.3 Å². The van der Waals surface area contributed by atoms with Gasteiger partial charge in [-0.05, 0) is 73.9 Å². The quantitative estimate of drug-likeness (QED) is 0.204. The van der Waals surface area contributed by atoms with E-state index in [0.29, 0.717) is 13.0 Å². The van der Waals surface area contributed by atoms with Crippen molar-refractivity contribution in [3.05, 3.63) is 57.6 Å². The molecule has 0 unspecified atom stereocenters. The Bertz CT molecular complexity index is 1040. The van der Waals surface area contributed by atoms with Gasteiger partial charge in [0.05, 0.1) is 12.5 Å². The Morgan fingerprint density at radius 1 is 0.892 bits per heavy atom. The second-order valence-corrected chi connectivity index (χ2v) is 10.6. The number of rotatable bonds is 12. The molecule has 6 heteroatoms. The first-order valence-electron chi connectivity index (χ1n) is 13.2.